The van der Waals surface area contributed by atoms with Gasteiger partial charge in [-0.3, -0.25) is 25.2 Å². The van der Waals surface area contributed by atoms with E-state index in [9.17, 15) is 18.8 Å². The van der Waals surface area contributed by atoms with E-state index < -0.39 is 36.1 Å². The van der Waals surface area contributed by atoms with Gasteiger partial charge >= 0.3 is 5.97 Å². The fourth-order valence-electron chi connectivity index (χ4n) is 2.85. The van der Waals surface area contributed by atoms with E-state index in [0.717, 1.165) is 17.2 Å². The Hall–Kier alpha value is -4.00. The molecule has 7 heteroatoms. The standard InChI is InChI=1S/C23H19FN2O4/c24-19-14-8-7-13-18(19)22(28)26-25-20(27)15-30-23(29)21(16-9-3-1-4-10-16)17-11-5-2-6-12-17/h1-14,21H,15H2,(H,25,27)(H,26,28). The molecule has 3 aromatic carbocycles. The average molecular weight is 406 g/mol. The summed E-state index contributed by atoms with van der Waals surface area (Å²) in [6.07, 6.45) is 0. The van der Waals surface area contributed by atoms with Gasteiger partial charge in [0.1, 0.15) is 11.7 Å². The molecule has 0 saturated carbocycles. The third kappa shape index (κ3) is 5.29. The Bertz CT molecular complexity index is 986. The van der Waals surface area contributed by atoms with Gasteiger partial charge in [0, 0.05) is 0 Å². The lowest BCUT2D eigenvalue weighted by atomic mass is 9.91. The number of halogens is 1. The molecule has 0 aliphatic rings. The Balaban J connectivity index is 1.59. The number of hydrogen-bond acceptors (Lipinski definition) is 4. The molecule has 152 valence electrons. The first kappa shape index (κ1) is 20.7. The van der Waals surface area contributed by atoms with Crippen molar-refractivity contribution in [2.24, 2.45) is 0 Å². The van der Waals surface area contributed by atoms with Crippen LogP contribution < -0.4 is 10.9 Å². The van der Waals surface area contributed by atoms with Gasteiger partial charge in [-0.25, -0.2) is 4.39 Å². The van der Waals surface area contributed by atoms with Crippen LogP contribution in [-0.4, -0.2) is 24.4 Å². The normalized spacial score (nSPS) is 10.3. The number of hydrazine groups is 1. The zero-order chi connectivity index (χ0) is 21.3. The molecule has 0 radical (unpaired) electrons. The van der Waals surface area contributed by atoms with Crippen LogP contribution in [0.1, 0.15) is 27.4 Å². The molecule has 0 saturated heterocycles. The molecular formula is C23H19FN2O4. The van der Waals surface area contributed by atoms with Crippen molar-refractivity contribution >= 4 is 17.8 Å². The van der Waals surface area contributed by atoms with Crippen LogP contribution in [0.25, 0.3) is 0 Å². The molecule has 0 bridgehead atoms. The van der Waals surface area contributed by atoms with E-state index in [4.69, 9.17) is 4.74 Å². The summed E-state index contributed by atoms with van der Waals surface area (Å²) in [6.45, 7) is -0.605. The molecule has 2 N–H and O–H groups in total. The number of esters is 1. The Morgan fingerprint density at radius 3 is 1.87 bits per heavy atom. The molecule has 0 aliphatic carbocycles. The summed E-state index contributed by atoms with van der Waals surface area (Å²) in [6, 6.07) is 23.5. The summed E-state index contributed by atoms with van der Waals surface area (Å²) >= 11 is 0. The number of carbonyl (C=O) groups excluding carboxylic acids is 3. The molecule has 0 fully saturated rings. The lowest BCUT2D eigenvalue weighted by Crippen LogP contribution is -2.44. The third-order valence-corrected chi connectivity index (χ3v) is 4.28. The first-order valence-electron chi connectivity index (χ1n) is 9.16. The topological polar surface area (TPSA) is 84.5 Å². The largest absolute Gasteiger partial charge is 0.455 e. The summed E-state index contributed by atoms with van der Waals surface area (Å²) in [4.78, 5) is 36.6. The maximum atomic E-state index is 13.6. The average Bonchev–Trinajstić information content (AvgIpc) is 2.78. The molecule has 0 unspecified atom stereocenters. The summed E-state index contributed by atoms with van der Waals surface area (Å²) in [5.41, 5.74) is 5.41. The number of carbonyl (C=O) groups is 3. The predicted molar refractivity (Wildman–Crippen MR) is 108 cm³/mol. The molecule has 0 atom stereocenters. The van der Waals surface area contributed by atoms with Crippen LogP contribution in [0.5, 0.6) is 0 Å². The lowest BCUT2D eigenvalue weighted by molar-refractivity contribution is -0.149. The van der Waals surface area contributed by atoms with Crippen molar-refractivity contribution in [1.82, 2.24) is 10.9 Å². The fourth-order valence-corrected chi connectivity index (χ4v) is 2.85. The van der Waals surface area contributed by atoms with E-state index in [0.29, 0.717) is 0 Å². The molecule has 0 aromatic heterocycles. The van der Waals surface area contributed by atoms with Crippen molar-refractivity contribution in [3.05, 3.63) is 107 Å². The molecule has 30 heavy (non-hydrogen) atoms. The Kier molecular flexibility index (Phi) is 6.89. The van der Waals surface area contributed by atoms with Gasteiger partial charge in [0.2, 0.25) is 0 Å². The molecule has 3 rings (SSSR count). The van der Waals surface area contributed by atoms with Crippen LogP contribution >= 0.6 is 0 Å². The molecule has 0 spiro atoms. The number of benzene rings is 3. The predicted octanol–water partition coefficient (Wildman–Crippen LogP) is 2.96. The second kappa shape index (κ2) is 9.97. The Morgan fingerprint density at radius 1 is 0.767 bits per heavy atom. The van der Waals surface area contributed by atoms with Crippen molar-refractivity contribution in [1.29, 1.82) is 0 Å². The summed E-state index contributed by atoms with van der Waals surface area (Å²) in [5, 5.41) is 0. The zero-order valence-electron chi connectivity index (χ0n) is 15.9. The van der Waals surface area contributed by atoms with E-state index in [2.05, 4.69) is 10.9 Å². The number of ether oxygens (including phenoxy) is 1. The van der Waals surface area contributed by atoms with Crippen molar-refractivity contribution in [3.63, 3.8) is 0 Å². The van der Waals surface area contributed by atoms with Crippen LogP contribution in [0.3, 0.4) is 0 Å². The molecular weight excluding hydrogens is 387 g/mol. The summed E-state index contributed by atoms with van der Waals surface area (Å²) in [7, 11) is 0. The Morgan fingerprint density at radius 2 is 1.30 bits per heavy atom. The SMILES string of the molecule is O=C(COC(=O)C(c1ccccc1)c1ccccc1)NNC(=O)c1ccccc1F. The molecule has 0 aliphatic heterocycles. The summed E-state index contributed by atoms with van der Waals surface area (Å²) in [5.74, 6) is -3.60. The second-order valence-electron chi connectivity index (χ2n) is 6.34. The Labute approximate surface area is 172 Å². The van der Waals surface area contributed by atoms with Gasteiger partial charge in [-0.15, -0.1) is 0 Å². The van der Waals surface area contributed by atoms with Gasteiger partial charge in [-0.05, 0) is 23.3 Å². The van der Waals surface area contributed by atoms with E-state index in [1.54, 1.807) is 24.3 Å². The maximum Gasteiger partial charge on any atom is 0.318 e. The van der Waals surface area contributed by atoms with Gasteiger partial charge in [0.05, 0.1) is 5.56 Å². The van der Waals surface area contributed by atoms with E-state index in [1.165, 1.54) is 18.2 Å². The van der Waals surface area contributed by atoms with Crippen molar-refractivity contribution < 1.29 is 23.5 Å². The van der Waals surface area contributed by atoms with E-state index >= 15 is 0 Å². The van der Waals surface area contributed by atoms with Crippen LogP contribution in [0.4, 0.5) is 4.39 Å². The molecule has 6 nitrogen and oxygen atoms in total. The van der Waals surface area contributed by atoms with Gasteiger partial charge in [0.15, 0.2) is 6.61 Å². The van der Waals surface area contributed by atoms with Crippen molar-refractivity contribution in [3.8, 4) is 0 Å². The van der Waals surface area contributed by atoms with E-state index in [-0.39, 0.29) is 5.56 Å². The van der Waals surface area contributed by atoms with Crippen LogP contribution in [0.2, 0.25) is 0 Å². The maximum absolute atomic E-state index is 13.6. The highest BCUT2D eigenvalue weighted by molar-refractivity contribution is 5.95. The number of nitrogens with one attached hydrogen (secondary N) is 2. The molecule has 2 amide bonds. The fraction of sp³-hybridized carbons (Fsp3) is 0.0870. The second-order valence-corrected chi connectivity index (χ2v) is 6.34. The number of rotatable bonds is 6. The minimum Gasteiger partial charge on any atom is -0.455 e. The van der Waals surface area contributed by atoms with Gasteiger partial charge in [0.25, 0.3) is 11.8 Å². The first-order valence-corrected chi connectivity index (χ1v) is 9.16. The van der Waals surface area contributed by atoms with Gasteiger partial charge in [-0.1, -0.05) is 72.8 Å². The number of amides is 2. The van der Waals surface area contributed by atoms with Crippen LogP contribution in [0.15, 0.2) is 84.9 Å². The lowest BCUT2D eigenvalue weighted by Gasteiger charge is -2.17. The third-order valence-electron chi connectivity index (χ3n) is 4.28. The number of hydrogen-bond donors (Lipinski definition) is 2. The van der Waals surface area contributed by atoms with Crippen molar-refractivity contribution in [2.45, 2.75) is 5.92 Å². The minimum absolute atomic E-state index is 0.219. The van der Waals surface area contributed by atoms with Gasteiger partial charge in [-0.2, -0.15) is 0 Å². The highest BCUT2D eigenvalue weighted by Crippen LogP contribution is 2.25. The van der Waals surface area contributed by atoms with Crippen LogP contribution in [0, 0.1) is 5.82 Å². The smallest absolute Gasteiger partial charge is 0.318 e. The van der Waals surface area contributed by atoms with E-state index in [1.807, 2.05) is 36.4 Å². The van der Waals surface area contributed by atoms with Gasteiger partial charge < -0.3 is 4.74 Å². The van der Waals surface area contributed by atoms with Crippen LogP contribution in [-0.2, 0) is 14.3 Å². The quantitative estimate of drug-likeness (QED) is 0.487. The molecule has 0 heterocycles. The summed E-state index contributed by atoms with van der Waals surface area (Å²) < 4.78 is 18.7. The monoisotopic (exact) mass is 406 g/mol. The minimum atomic E-state index is -0.820. The molecule has 3 aromatic rings. The highest BCUT2D eigenvalue weighted by Gasteiger charge is 2.25. The highest BCUT2D eigenvalue weighted by atomic mass is 19.1. The zero-order valence-corrected chi connectivity index (χ0v) is 15.9. The first-order chi connectivity index (χ1) is 14.6. The van der Waals surface area contributed by atoms with Crippen molar-refractivity contribution in [2.75, 3.05) is 6.61 Å².